The number of hydrogen-bond acceptors (Lipinski definition) is 3. The predicted molar refractivity (Wildman–Crippen MR) is 39.5 cm³/mol. The van der Waals surface area contributed by atoms with E-state index < -0.39 is 28.2 Å². The van der Waals surface area contributed by atoms with Crippen LogP contribution in [-0.4, -0.2) is 37.9 Å². The molecule has 0 atom stereocenters. The third kappa shape index (κ3) is 2.70. The summed E-state index contributed by atoms with van der Waals surface area (Å²) < 4.78 is 45.1. The zero-order chi connectivity index (χ0) is 9.94. The Balaban J connectivity index is 4.48. The zero-order valence-electron chi connectivity index (χ0n) is 6.29. The Morgan fingerprint density at radius 3 is 2.33 bits per heavy atom. The van der Waals surface area contributed by atoms with Gasteiger partial charge in [-0.3, -0.25) is 5.41 Å². The fourth-order valence-electron chi connectivity index (χ4n) is 0.466. The summed E-state index contributed by atoms with van der Waals surface area (Å²) in [6.07, 6.45) is 0. The Morgan fingerprint density at radius 1 is 1.67 bits per heavy atom. The molecule has 12 heavy (non-hydrogen) atoms. The van der Waals surface area contributed by atoms with Crippen molar-refractivity contribution in [1.29, 1.82) is 5.41 Å². The lowest BCUT2D eigenvalue weighted by Gasteiger charge is -2.14. The second-order valence-electron chi connectivity index (χ2n) is 2.09. The molecule has 0 aliphatic carbocycles. The van der Waals surface area contributed by atoms with Crippen molar-refractivity contribution >= 4 is 15.9 Å². The number of likely N-dealkylation sites (N-methyl/N-ethyl adjacent to an activating group) is 1. The van der Waals surface area contributed by atoms with Gasteiger partial charge in [0.15, 0.2) is 0 Å². The first kappa shape index (κ1) is 11.2. The van der Waals surface area contributed by atoms with Gasteiger partial charge in [-0.25, -0.2) is 8.42 Å². The summed E-state index contributed by atoms with van der Waals surface area (Å²) in [6, 6.07) is 0. The third-order valence-electron chi connectivity index (χ3n) is 1.05. The first-order valence-electron chi connectivity index (χ1n) is 2.84. The van der Waals surface area contributed by atoms with E-state index in [1.807, 2.05) is 0 Å². The van der Waals surface area contributed by atoms with E-state index in [4.69, 9.17) is 11.1 Å². The smallest absolute Gasteiger partial charge is 0.350 e. The molecule has 8 heteroatoms. The summed E-state index contributed by atoms with van der Waals surface area (Å²) in [6.45, 7) is -0.521. The van der Waals surface area contributed by atoms with Crippen LogP contribution in [0.25, 0.3) is 0 Å². The van der Waals surface area contributed by atoms with E-state index in [1.165, 1.54) is 0 Å². The van der Waals surface area contributed by atoms with Gasteiger partial charge in [0.05, 0.1) is 6.54 Å². The first-order valence-corrected chi connectivity index (χ1v) is 4.35. The fourth-order valence-corrected chi connectivity index (χ4v) is 1.06. The van der Waals surface area contributed by atoms with Crippen LogP contribution in [0.5, 0.6) is 0 Å². The molecule has 0 radical (unpaired) electrons. The average Bonchev–Trinajstić information content (AvgIpc) is 1.85. The van der Waals surface area contributed by atoms with Gasteiger partial charge in [0, 0.05) is 7.05 Å². The third-order valence-corrected chi connectivity index (χ3v) is 2.50. The highest BCUT2D eigenvalue weighted by Gasteiger charge is 2.29. The van der Waals surface area contributed by atoms with E-state index in [0.717, 1.165) is 7.05 Å². The van der Waals surface area contributed by atoms with E-state index in [0.29, 0.717) is 4.31 Å². The number of nitrogens with one attached hydrogen (secondary N) is 1. The average molecular weight is 201 g/mol. The molecule has 0 fully saturated rings. The van der Waals surface area contributed by atoms with Crippen LogP contribution in [0.1, 0.15) is 0 Å². The number of hydrogen-bond donors (Lipinski definition) is 2. The summed E-state index contributed by atoms with van der Waals surface area (Å²) in [7, 11) is -3.66. The largest absolute Gasteiger partial charge is 0.387 e. The molecule has 0 amide bonds. The van der Waals surface area contributed by atoms with E-state index in [1.54, 1.807) is 0 Å². The van der Waals surface area contributed by atoms with Crippen molar-refractivity contribution in [3.05, 3.63) is 0 Å². The molecule has 72 valence electrons. The Bertz CT molecular complexity index is 263. The molecule has 0 bridgehead atoms. The lowest BCUT2D eigenvalue weighted by Crippen LogP contribution is -2.38. The molecule has 0 rings (SSSR count). The van der Waals surface area contributed by atoms with Crippen LogP contribution in [0.15, 0.2) is 0 Å². The second-order valence-corrected chi connectivity index (χ2v) is 4.10. The molecule has 0 aliphatic rings. The van der Waals surface area contributed by atoms with Crippen molar-refractivity contribution in [2.24, 2.45) is 5.73 Å². The maximum absolute atomic E-state index is 11.8. The number of alkyl halides is 2. The molecule has 0 aromatic heterocycles. The predicted octanol–water partition coefficient (Wildman–Crippen LogP) is -0.593. The van der Waals surface area contributed by atoms with Gasteiger partial charge >= 0.3 is 5.76 Å². The number of halogens is 2. The number of nitrogens with two attached hydrogens (primary N) is 1. The van der Waals surface area contributed by atoms with Gasteiger partial charge < -0.3 is 5.73 Å². The highest BCUT2D eigenvalue weighted by Crippen LogP contribution is 2.08. The van der Waals surface area contributed by atoms with Crippen molar-refractivity contribution in [3.63, 3.8) is 0 Å². The van der Waals surface area contributed by atoms with E-state index in [9.17, 15) is 17.2 Å². The zero-order valence-corrected chi connectivity index (χ0v) is 7.11. The van der Waals surface area contributed by atoms with Crippen LogP contribution < -0.4 is 5.73 Å². The van der Waals surface area contributed by atoms with E-state index in [-0.39, 0.29) is 0 Å². The van der Waals surface area contributed by atoms with Gasteiger partial charge in [-0.15, -0.1) is 0 Å². The summed E-state index contributed by atoms with van der Waals surface area (Å²) in [4.78, 5) is 0. The minimum atomic E-state index is -4.59. The topological polar surface area (TPSA) is 87.2 Å². The molecule has 0 saturated heterocycles. The summed E-state index contributed by atoms with van der Waals surface area (Å²) >= 11 is 0. The van der Waals surface area contributed by atoms with Gasteiger partial charge in [-0.1, -0.05) is 0 Å². The quantitative estimate of drug-likeness (QED) is 0.470. The van der Waals surface area contributed by atoms with Gasteiger partial charge in [0.25, 0.3) is 10.0 Å². The number of amidine groups is 1. The lowest BCUT2D eigenvalue weighted by molar-refractivity contribution is 0.224. The van der Waals surface area contributed by atoms with Crippen molar-refractivity contribution in [3.8, 4) is 0 Å². The highest BCUT2D eigenvalue weighted by atomic mass is 32.2. The molecular formula is C4H9F2N3O2S. The normalized spacial score (nSPS) is 12.4. The number of nitrogens with zero attached hydrogens (tertiary/aromatic N) is 1. The van der Waals surface area contributed by atoms with Crippen LogP contribution in [0.3, 0.4) is 0 Å². The molecule has 3 N–H and O–H groups in total. The Hall–Kier alpha value is -0.760. The van der Waals surface area contributed by atoms with Crippen molar-refractivity contribution in [2.45, 2.75) is 5.76 Å². The van der Waals surface area contributed by atoms with Crippen LogP contribution in [-0.2, 0) is 10.0 Å². The molecular weight excluding hydrogens is 192 g/mol. The molecule has 0 saturated carbocycles. The minimum absolute atomic E-state index is 0.333. The van der Waals surface area contributed by atoms with Gasteiger partial charge in [0.1, 0.15) is 5.84 Å². The SMILES string of the molecule is CN(CC(=N)N)S(=O)(=O)C(F)F. The molecule has 0 aromatic carbocycles. The summed E-state index contributed by atoms with van der Waals surface area (Å²) in [5, 5.41) is 6.67. The fraction of sp³-hybridized carbons (Fsp3) is 0.750. The van der Waals surface area contributed by atoms with Crippen LogP contribution in [0.4, 0.5) is 8.78 Å². The molecule has 0 aliphatic heterocycles. The monoisotopic (exact) mass is 201 g/mol. The highest BCUT2D eigenvalue weighted by molar-refractivity contribution is 7.89. The minimum Gasteiger partial charge on any atom is -0.387 e. The van der Waals surface area contributed by atoms with E-state index >= 15 is 0 Å². The van der Waals surface area contributed by atoms with Crippen molar-refractivity contribution in [1.82, 2.24) is 4.31 Å². The first-order chi connectivity index (χ1) is 5.28. The second kappa shape index (κ2) is 3.76. The van der Waals surface area contributed by atoms with Gasteiger partial charge in [0.2, 0.25) is 0 Å². The molecule has 5 nitrogen and oxygen atoms in total. The Labute approximate surface area is 68.7 Å². The molecule has 0 spiro atoms. The van der Waals surface area contributed by atoms with Gasteiger partial charge in [-0.05, 0) is 0 Å². The molecule has 0 unspecified atom stereocenters. The Kier molecular flexibility index (Phi) is 3.53. The molecule has 0 aromatic rings. The standard InChI is InChI=1S/C4H9F2N3O2S/c1-9(2-3(7)8)12(10,11)4(5)6/h4H,2H2,1H3,(H3,7,8). The Morgan fingerprint density at radius 2 is 2.08 bits per heavy atom. The van der Waals surface area contributed by atoms with E-state index in [2.05, 4.69) is 0 Å². The van der Waals surface area contributed by atoms with Crippen molar-refractivity contribution < 1.29 is 17.2 Å². The summed E-state index contributed by atoms with van der Waals surface area (Å²) in [5.41, 5.74) is 4.82. The number of sulfonamides is 1. The van der Waals surface area contributed by atoms with Crippen molar-refractivity contribution in [2.75, 3.05) is 13.6 Å². The van der Waals surface area contributed by atoms with Gasteiger partial charge in [-0.2, -0.15) is 13.1 Å². The van der Waals surface area contributed by atoms with Crippen LogP contribution in [0.2, 0.25) is 0 Å². The maximum atomic E-state index is 11.8. The number of rotatable bonds is 4. The van der Waals surface area contributed by atoms with Crippen LogP contribution >= 0.6 is 0 Å². The summed E-state index contributed by atoms with van der Waals surface area (Å²) in [5.74, 6) is -3.96. The molecule has 0 heterocycles. The maximum Gasteiger partial charge on any atom is 0.350 e. The lowest BCUT2D eigenvalue weighted by atomic mass is 10.6. The van der Waals surface area contributed by atoms with Crippen LogP contribution in [0, 0.1) is 5.41 Å².